The summed E-state index contributed by atoms with van der Waals surface area (Å²) in [5.41, 5.74) is 4.13. The van der Waals surface area contributed by atoms with Crippen LogP contribution in [-0.2, 0) is 4.79 Å². The fourth-order valence-electron chi connectivity index (χ4n) is 3.46. The molecule has 1 aromatic heterocycles. The van der Waals surface area contributed by atoms with Gasteiger partial charge in [0, 0.05) is 22.8 Å². The maximum Gasteiger partial charge on any atom is 0.129 e. The number of para-hydroxylation sites is 2. The number of hydrogen-bond acceptors (Lipinski definition) is 2. The number of aromatic amines is 1. The second kappa shape index (κ2) is 7.28. The molecule has 2 unspecified atom stereocenters. The topological polar surface area (TPSA) is 44.9 Å². The zero-order valence-electron chi connectivity index (χ0n) is 14.3. The Hall–Kier alpha value is -3.33. The van der Waals surface area contributed by atoms with Gasteiger partial charge in [0.1, 0.15) is 6.29 Å². The van der Waals surface area contributed by atoms with Crippen LogP contribution in [0.2, 0.25) is 0 Å². The third kappa shape index (κ3) is 3.11. The molecule has 3 aromatic carbocycles. The number of H-pyrrole nitrogens is 1. The summed E-state index contributed by atoms with van der Waals surface area (Å²) in [6.45, 7) is 0. The Balaban J connectivity index is 1.79. The maximum atomic E-state index is 12.2. The van der Waals surface area contributed by atoms with Crippen LogP contribution in [0.15, 0.2) is 91.1 Å². The third-order valence-electron chi connectivity index (χ3n) is 4.74. The van der Waals surface area contributed by atoms with Crippen molar-refractivity contribution < 1.29 is 4.79 Å². The molecule has 0 aliphatic carbocycles. The lowest BCUT2D eigenvalue weighted by atomic mass is 9.87. The van der Waals surface area contributed by atoms with E-state index in [1.807, 2.05) is 72.9 Å². The number of aromatic nitrogens is 1. The van der Waals surface area contributed by atoms with Gasteiger partial charge in [-0.25, -0.2) is 0 Å². The lowest BCUT2D eigenvalue weighted by Gasteiger charge is -2.26. The van der Waals surface area contributed by atoms with E-state index in [0.29, 0.717) is 0 Å². The van der Waals surface area contributed by atoms with Crippen LogP contribution in [0.5, 0.6) is 0 Å². The average molecular weight is 340 g/mol. The highest BCUT2D eigenvalue weighted by atomic mass is 16.1. The van der Waals surface area contributed by atoms with Crippen molar-refractivity contribution in [1.29, 1.82) is 0 Å². The summed E-state index contributed by atoms with van der Waals surface area (Å²) in [5.74, 6) is -0.311. The van der Waals surface area contributed by atoms with E-state index in [1.54, 1.807) is 0 Å². The second-order valence-corrected chi connectivity index (χ2v) is 6.35. The predicted octanol–water partition coefficient (Wildman–Crippen LogP) is 5.30. The smallest absolute Gasteiger partial charge is 0.129 e. The number of carbonyl (C=O) groups is 1. The first-order chi connectivity index (χ1) is 12.9. The fraction of sp³-hybridized carbons (Fsp3) is 0.0870. The number of nitrogens with one attached hydrogen (secondary N) is 2. The SMILES string of the molecule is O=CC(c1c[nH]c2ccccc12)C(Nc1ccccc1)c1ccccc1. The van der Waals surface area contributed by atoms with Crippen LogP contribution in [0.1, 0.15) is 23.1 Å². The van der Waals surface area contributed by atoms with Crippen LogP contribution >= 0.6 is 0 Å². The summed E-state index contributed by atoms with van der Waals surface area (Å²) < 4.78 is 0. The van der Waals surface area contributed by atoms with Crippen molar-refractivity contribution in [2.45, 2.75) is 12.0 Å². The minimum Gasteiger partial charge on any atom is -0.377 e. The maximum absolute atomic E-state index is 12.2. The summed E-state index contributed by atoms with van der Waals surface area (Å²) in [6, 6.07) is 28.1. The number of carbonyl (C=O) groups excluding carboxylic acids is 1. The fourth-order valence-corrected chi connectivity index (χ4v) is 3.46. The van der Waals surface area contributed by atoms with Crippen molar-refractivity contribution in [1.82, 2.24) is 4.98 Å². The zero-order chi connectivity index (χ0) is 17.8. The second-order valence-electron chi connectivity index (χ2n) is 6.35. The van der Waals surface area contributed by atoms with Gasteiger partial charge < -0.3 is 15.1 Å². The molecule has 0 saturated carbocycles. The van der Waals surface area contributed by atoms with Gasteiger partial charge in [0.15, 0.2) is 0 Å². The molecule has 2 atom stereocenters. The van der Waals surface area contributed by atoms with Gasteiger partial charge in [-0.1, -0.05) is 66.7 Å². The molecule has 0 fully saturated rings. The highest BCUT2D eigenvalue weighted by Crippen LogP contribution is 2.36. The first kappa shape index (κ1) is 16.2. The highest BCUT2D eigenvalue weighted by Gasteiger charge is 2.26. The van der Waals surface area contributed by atoms with E-state index in [0.717, 1.165) is 34.0 Å². The summed E-state index contributed by atoms with van der Waals surface area (Å²) in [4.78, 5) is 15.5. The largest absolute Gasteiger partial charge is 0.377 e. The predicted molar refractivity (Wildman–Crippen MR) is 106 cm³/mol. The molecule has 128 valence electrons. The lowest BCUT2D eigenvalue weighted by Crippen LogP contribution is -2.20. The van der Waals surface area contributed by atoms with Gasteiger partial charge in [-0.3, -0.25) is 0 Å². The average Bonchev–Trinajstić information content (AvgIpc) is 3.13. The molecule has 0 radical (unpaired) electrons. The molecular weight excluding hydrogens is 320 g/mol. The van der Waals surface area contributed by atoms with Crippen molar-refractivity contribution in [2.24, 2.45) is 0 Å². The molecule has 26 heavy (non-hydrogen) atoms. The van der Waals surface area contributed by atoms with E-state index in [-0.39, 0.29) is 12.0 Å². The van der Waals surface area contributed by atoms with Crippen molar-refractivity contribution in [2.75, 3.05) is 5.32 Å². The molecule has 0 amide bonds. The van der Waals surface area contributed by atoms with Crippen molar-refractivity contribution in [3.05, 3.63) is 102 Å². The Morgan fingerprint density at radius 2 is 1.46 bits per heavy atom. The van der Waals surface area contributed by atoms with Crippen LogP contribution < -0.4 is 5.32 Å². The molecule has 3 heteroatoms. The molecule has 4 aromatic rings. The van der Waals surface area contributed by atoms with Crippen LogP contribution in [0, 0.1) is 0 Å². The monoisotopic (exact) mass is 340 g/mol. The van der Waals surface area contributed by atoms with E-state index in [1.165, 1.54) is 0 Å². The van der Waals surface area contributed by atoms with Gasteiger partial charge in [0.25, 0.3) is 0 Å². The third-order valence-corrected chi connectivity index (χ3v) is 4.74. The van der Waals surface area contributed by atoms with Crippen molar-refractivity contribution in [3.63, 3.8) is 0 Å². The number of hydrogen-bond donors (Lipinski definition) is 2. The van der Waals surface area contributed by atoms with E-state index >= 15 is 0 Å². The Bertz CT molecular complexity index is 992. The number of fused-ring (bicyclic) bond motifs is 1. The van der Waals surface area contributed by atoms with E-state index in [2.05, 4.69) is 28.5 Å². The van der Waals surface area contributed by atoms with E-state index < -0.39 is 0 Å². The van der Waals surface area contributed by atoms with Crippen LogP contribution in [0.3, 0.4) is 0 Å². The van der Waals surface area contributed by atoms with Gasteiger partial charge in [0.05, 0.1) is 12.0 Å². The van der Waals surface area contributed by atoms with Crippen molar-refractivity contribution in [3.8, 4) is 0 Å². The number of rotatable bonds is 6. The highest BCUT2D eigenvalue weighted by molar-refractivity contribution is 5.87. The molecule has 3 nitrogen and oxygen atoms in total. The minimum absolute atomic E-state index is 0.157. The molecule has 0 spiro atoms. The summed E-state index contributed by atoms with van der Waals surface area (Å²) in [7, 11) is 0. The minimum atomic E-state index is -0.311. The number of benzene rings is 3. The number of anilines is 1. The van der Waals surface area contributed by atoms with E-state index in [4.69, 9.17) is 0 Å². The molecule has 0 saturated heterocycles. The molecular formula is C23H20N2O. The van der Waals surface area contributed by atoms with Gasteiger partial charge in [-0.15, -0.1) is 0 Å². The normalized spacial score (nSPS) is 13.2. The Morgan fingerprint density at radius 1 is 0.808 bits per heavy atom. The van der Waals surface area contributed by atoms with Crippen molar-refractivity contribution >= 4 is 22.9 Å². The lowest BCUT2D eigenvalue weighted by molar-refractivity contribution is -0.109. The zero-order valence-corrected chi connectivity index (χ0v) is 14.3. The molecule has 2 N–H and O–H groups in total. The van der Waals surface area contributed by atoms with Gasteiger partial charge in [0.2, 0.25) is 0 Å². The summed E-state index contributed by atoms with van der Waals surface area (Å²) in [6.07, 6.45) is 3.00. The molecule has 4 rings (SSSR count). The van der Waals surface area contributed by atoms with Crippen LogP contribution in [0.4, 0.5) is 5.69 Å². The standard InChI is InChI=1S/C23H20N2O/c26-16-21(20-15-24-22-14-8-7-13-19(20)22)23(17-9-3-1-4-10-17)25-18-11-5-2-6-12-18/h1-16,21,23-25H. The summed E-state index contributed by atoms with van der Waals surface area (Å²) in [5, 5.41) is 4.64. The molecule has 0 aliphatic rings. The molecule has 1 heterocycles. The van der Waals surface area contributed by atoms with Gasteiger partial charge >= 0.3 is 0 Å². The Kier molecular flexibility index (Phi) is 4.52. The Morgan fingerprint density at radius 3 is 2.19 bits per heavy atom. The molecule has 0 aliphatic heterocycles. The molecule has 0 bridgehead atoms. The van der Waals surface area contributed by atoms with Crippen LogP contribution in [-0.4, -0.2) is 11.3 Å². The van der Waals surface area contributed by atoms with Gasteiger partial charge in [-0.2, -0.15) is 0 Å². The quantitative estimate of drug-likeness (QED) is 0.468. The van der Waals surface area contributed by atoms with Crippen LogP contribution in [0.25, 0.3) is 10.9 Å². The first-order valence-corrected chi connectivity index (χ1v) is 8.74. The first-order valence-electron chi connectivity index (χ1n) is 8.74. The van der Waals surface area contributed by atoms with E-state index in [9.17, 15) is 4.79 Å². The van der Waals surface area contributed by atoms with Gasteiger partial charge in [-0.05, 0) is 29.3 Å². The summed E-state index contributed by atoms with van der Waals surface area (Å²) >= 11 is 0. The Labute approximate surface area is 152 Å². The number of aldehydes is 1.